The Hall–Kier alpha value is -2.58. The van der Waals surface area contributed by atoms with E-state index in [1.165, 1.54) is 16.2 Å². The van der Waals surface area contributed by atoms with E-state index in [1.807, 2.05) is 32.0 Å². The molecule has 1 aliphatic rings. The van der Waals surface area contributed by atoms with Crippen LogP contribution in [0.15, 0.2) is 35.7 Å². The third-order valence-corrected chi connectivity index (χ3v) is 5.70. The first kappa shape index (κ1) is 20.2. The minimum atomic E-state index is -0.704. The molecule has 7 nitrogen and oxygen atoms in total. The number of hydrogen-bond acceptors (Lipinski definition) is 7. The van der Waals surface area contributed by atoms with Crippen molar-refractivity contribution in [3.8, 4) is 0 Å². The molecule has 1 unspecified atom stereocenters. The quantitative estimate of drug-likeness (QED) is 0.719. The van der Waals surface area contributed by atoms with Crippen molar-refractivity contribution in [2.24, 2.45) is 0 Å². The van der Waals surface area contributed by atoms with Crippen LogP contribution < -0.4 is 0 Å². The number of amides is 1. The summed E-state index contributed by atoms with van der Waals surface area (Å²) in [6, 6.07) is 4.65. The van der Waals surface area contributed by atoms with Gasteiger partial charge < -0.3 is 14.9 Å². The number of hydrogen-bond donors (Lipinski definition) is 1. The summed E-state index contributed by atoms with van der Waals surface area (Å²) in [5.41, 5.74) is 1.25. The Balaban J connectivity index is 2.01. The Morgan fingerprint density at radius 3 is 2.64 bits per heavy atom. The number of aryl methyl sites for hydroxylation is 2. The lowest BCUT2D eigenvalue weighted by atomic mass is 9.98. The molecular formula is C20H24N4O3S. The number of pyridine rings is 1. The highest BCUT2D eigenvalue weighted by Crippen LogP contribution is 2.39. The van der Waals surface area contributed by atoms with Crippen LogP contribution >= 0.6 is 11.3 Å². The monoisotopic (exact) mass is 400 g/mol. The molecule has 0 saturated heterocycles. The van der Waals surface area contributed by atoms with Crippen LogP contribution in [0.25, 0.3) is 0 Å². The molecule has 2 aromatic heterocycles. The summed E-state index contributed by atoms with van der Waals surface area (Å²) < 4.78 is 0. The topological polar surface area (TPSA) is 86.6 Å². The van der Waals surface area contributed by atoms with Crippen LogP contribution in [-0.4, -0.2) is 63.7 Å². The van der Waals surface area contributed by atoms with Crippen molar-refractivity contribution in [2.75, 3.05) is 27.2 Å². The van der Waals surface area contributed by atoms with E-state index in [9.17, 15) is 14.7 Å². The van der Waals surface area contributed by atoms with Gasteiger partial charge in [0, 0.05) is 12.7 Å². The molecule has 0 radical (unpaired) electrons. The third-order valence-electron chi connectivity index (χ3n) is 4.63. The van der Waals surface area contributed by atoms with Crippen LogP contribution in [0.5, 0.6) is 0 Å². The van der Waals surface area contributed by atoms with E-state index in [4.69, 9.17) is 0 Å². The van der Waals surface area contributed by atoms with E-state index in [2.05, 4.69) is 9.97 Å². The second kappa shape index (κ2) is 8.20. The minimum Gasteiger partial charge on any atom is -0.503 e. The molecule has 0 saturated carbocycles. The zero-order chi connectivity index (χ0) is 20.4. The molecule has 1 amide bonds. The first-order valence-electron chi connectivity index (χ1n) is 9.09. The number of carbonyl (C=O) groups excluding carboxylic acids is 2. The lowest BCUT2D eigenvalue weighted by Gasteiger charge is -2.26. The summed E-state index contributed by atoms with van der Waals surface area (Å²) in [7, 11) is 3.92. The maximum absolute atomic E-state index is 13.3. The molecule has 0 aliphatic carbocycles. The molecule has 1 aliphatic heterocycles. The van der Waals surface area contributed by atoms with E-state index in [0.29, 0.717) is 22.8 Å². The Kier molecular flexibility index (Phi) is 5.90. The lowest BCUT2D eigenvalue weighted by molar-refractivity contribution is -0.129. The van der Waals surface area contributed by atoms with Gasteiger partial charge in [0.25, 0.3) is 5.91 Å². The third kappa shape index (κ3) is 3.83. The largest absolute Gasteiger partial charge is 0.503 e. The summed E-state index contributed by atoms with van der Waals surface area (Å²) in [4.78, 5) is 38.8. The molecule has 148 valence electrons. The SMILES string of the molecule is Cc1nc(C)c(C(=O)C2=C(O)C(=O)N(CCCN(C)C)C2c2ccccn2)s1. The van der Waals surface area contributed by atoms with Gasteiger partial charge in [-0.1, -0.05) is 6.07 Å². The lowest BCUT2D eigenvalue weighted by Crippen LogP contribution is -2.33. The van der Waals surface area contributed by atoms with E-state index in [1.54, 1.807) is 25.3 Å². The van der Waals surface area contributed by atoms with E-state index < -0.39 is 17.7 Å². The summed E-state index contributed by atoms with van der Waals surface area (Å²) in [5.74, 6) is -1.38. The Morgan fingerprint density at radius 1 is 1.32 bits per heavy atom. The molecule has 1 atom stereocenters. The van der Waals surface area contributed by atoms with Crippen molar-refractivity contribution >= 4 is 23.0 Å². The van der Waals surface area contributed by atoms with Crippen LogP contribution in [0.1, 0.15) is 38.5 Å². The fraction of sp³-hybridized carbons (Fsp3) is 0.400. The molecule has 2 aromatic rings. The summed E-state index contributed by atoms with van der Waals surface area (Å²) in [5, 5.41) is 11.4. The highest BCUT2D eigenvalue weighted by molar-refractivity contribution is 7.14. The Labute approximate surface area is 168 Å². The van der Waals surface area contributed by atoms with Crippen LogP contribution in [0.4, 0.5) is 0 Å². The van der Waals surface area contributed by atoms with Gasteiger partial charge >= 0.3 is 0 Å². The van der Waals surface area contributed by atoms with Gasteiger partial charge in [-0.3, -0.25) is 14.6 Å². The van der Waals surface area contributed by atoms with E-state index in [0.717, 1.165) is 18.0 Å². The smallest absolute Gasteiger partial charge is 0.290 e. The maximum atomic E-state index is 13.3. The number of Topliss-reactive ketones (excluding diaryl/α,β-unsaturated/α-hetero) is 1. The predicted octanol–water partition coefficient (Wildman–Crippen LogP) is 2.68. The van der Waals surface area contributed by atoms with Gasteiger partial charge in [0.1, 0.15) is 6.04 Å². The van der Waals surface area contributed by atoms with E-state index in [-0.39, 0.29) is 11.4 Å². The zero-order valence-electron chi connectivity index (χ0n) is 16.5. The van der Waals surface area contributed by atoms with Gasteiger partial charge in [-0.2, -0.15) is 0 Å². The molecular weight excluding hydrogens is 376 g/mol. The Morgan fingerprint density at radius 2 is 2.07 bits per heavy atom. The molecule has 8 heteroatoms. The van der Waals surface area contributed by atoms with Crippen molar-refractivity contribution in [2.45, 2.75) is 26.3 Å². The fourth-order valence-electron chi connectivity index (χ4n) is 3.38. The molecule has 3 heterocycles. The van der Waals surface area contributed by atoms with Gasteiger partial charge in [0.05, 0.1) is 26.8 Å². The minimum absolute atomic E-state index is 0.0836. The second-order valence-corrected chi connectivity index (χ2v) is 8.25. The number of carbonyl (C=O) groups is 2. The van der Waals surface area contributed by atoms with Crippen LogP contribution in [0.3, 0.4) is 0 Å². The standard InChI is InChI=1S/C20H24N4O3S/c1-12-19(28-13(2)22-12)17(25)15-16(14-8-5-6-9-21-14)24(20(27)18(15)26)11-7-10-23(3)4/h5-6,8-9,16,26H,7,10-11H2,1-4H3. The molecule has 0 fully saturated rings. The molecule has 0 bridgehead atoms. The van der Waals surface area contributed by atoms with Crippen molar-refractivity contribution in [1.29, 1.82) is 0 Å². The highest BCUT2D eigenvalue weighted by atomic mass is 32.1. The summed E-state index contributed by atoms with van der Waals surface area (Å²) in [6.07, 6.45) is 2.34. The molecule has 3 rings (SSSR count). The van der Waals surface area contributed by atoms with Gasteiger partial charge in [-0.05, 0) is 53.0 Å². The second-order valence-electron chi connectivity index (χ2n) is 7.05. The number of thiazole rings is 1. The number of aliphatic hydroxyl groups is 1. The number of aliphatic hydroxyl groups excluding tert-OH is 1. The van der Waals surface area contributed by atoms with Gasteiger partial charge in [0.15, 0.2) is 5.76 Å². The average Bonchev–Trinajstić information content (AvgIpc) is 3.12. The van der Waals surface area contributed by atoms with E-state index >= 15 is 0 Å². The zero-order valence-corrected chi connectivity index (χ0v) is 17.3. The molecule has 28 heavy (non-hydrogen) atoms. The van der Waals surface area contributed by atoms with Gasteiger partial charge in [-0.15, -0.1) is 11.3 Å². The number of ketones is 1. The first-order chi connectivity index (χ1) is 13.3. The number of rotatable bonds is 7. The van der Waals surface area contributed by atoms with Gasteiger partial charge in [0.2, 0.25) is 5.78 Å². The number of aromatic nitrogens is 2. The number of nitrogens with zero attached hydrogens (tertiary/aromatic N) is 4. The van der Waals surface area contributed by atoms with Crippen molar-refractivity contribution < 1.29 is 14.7 Å². The average molecular weight is 401 g/mol. The Bertz CT molecular complexity index is 921. The van der Waals surface area contributed by atoms with Crippen molar-refractivity contribution in [3.63, 3.8) is 0 Å². The summed E-state index contributed by atoms with van der Waals surface area (Å²) >= 11 is 1.27. The van der Waals surface area contributed by atoms with Crippen LogP contribution in [0, 0.1) is 13.8 Å². The first-order valence-corrected chi connectivity index (χ1v) is 9.91. The van der Waals surface area contributed by atoms with Gasteiger partial charge in [-0.25, -0.2) is 4.98 Å². The normalized spacial score (nSPS) is 17.1. The summed E-state index contributed by atoms with van der Waals surface area (Å²) in [6.45, 7) is 4.79. The fourth-order valence-corrected chi connectivity index (χ4v) is 4.26. The molecule has 0 spiro atoms. The van der Waals surface area contributed by atoms with Crippen LogP contribution in [0.2, 0.25) is 0 Å². The van der Waals surface area contributed by atoms with Crippen molar-refractivity contribution in [3.05, 3.63) is 57.0 Å². The van der Waals surface area contributed by atoms with Crippen LogP contribution in [-0.2, 0) is 4.79 Å². The van der Waals surface area contributed by atoms with Crippen molar-refractivity contribution in [1.82, 2.24) is 19.8 Å². The molecule has 1 N–H and O–H groups in total. The predicted molar refractivity (Wildman–Crippen MR) is 107 cm³/mol. The maximum Gasteiger partial charge on any atom is 0.290 e. The molecule has 0 aromatic carbocycles. The highest BCUT2D eigenvalue weighted by Gasteiger charge is 2.44.